The third-order valence-electron chi connectivity index (χ3n) is 15.8. The third-order valence-corrected chi connectivity index (χ3v) is 16.2. The molecule has 3 aromatic carbocycles. The Morgan fingerprint density at radius 2 is 1.42 bits per heavy atom. The van der Waals surface area contributed by atoms with Gasteiger partial charge in [-0.15, -0.1) is 0 Å². The maximum atomic E-state index is 15.8. The van der Waals surface area contributed by atoms with E-state index in [0.29, 0.717) is 17.5 Å². The summed E-state index contributed by atoms with van der Waals surface area (Å²) in [6, 6.07) is 30.9. The molecule has 2 bridgehead atoms. The molecule has 4 aromatic rings. The second-order valence-electron chi connectivity index (χ2n) is 20.2. The largest absolute Gasteiger partial charge is 0.458 e. The van der Waals surface area contributed by atoms with Crippen LogP contribution in [0.1, 0.15) is 106 Å². The summed E-state index contributed by atoms with van der Waals surface area (Å²) in [5, 5.41) is 26.3. The molecular weight excluding hydrogens is 968 g/mol. The average molecular weight is 1040 g/mol. The SMILES string of the molecule is CC(=O)O[C@H]1C(=O)[C@@]2(C)[C@H]([C@H](OC(=O)c3ccccc3)[C@]3(O)C[C@H](OC(=O)[C@H](Oc4cccc[n+]4C)[C@@H](CC(=O)c4ccccc4)c4ccccc4)C(C)=C1C3(C)C)[C@]1(OC(C)=O)CC[C@@H]1C[C@@H]2O.CN=PC.O. The molecule has 8 rings (SSSR count). The van der Waals surface area contributed by atoms with Gasteiger partial charge in [0.15, 0.2) is 23.9 Å². The molecule has 0 saturated heterocycles. The lowest BCUT2D eigenvalue weighted by atomic mass is 9.41. The fourth-order valence-corrected chi connectivity index (χ4v) is 11.9. The van der Waals surface area contributed by atoms with Crippen LogP contribution < -0.4 is 9.30 Å². The zero-order valence-corrected chi connectivity index (χ0v) is 44.2. The number of benzene rings is 3. The minimum atomic E-state index is -2.32. The summed E-state index contributed by atoms with van der Waals surface area (Å²) in [6.07, 6.45) is -6.05. The lowest BCUT2D eigenvalue weighted by Gasteiger charge is -2.68. The van der Waals surface area contributed by atoms with Crippen molar-refractivity contribution in [3.05, 3.63) is 143 Å². The standard InChI is InChI=1S/C55H60NO13.C2H6NP.H2O/c1-32-41(66-51(63)45(67-43-25-17-18-28-56(43)7)39(35-19-11-8-12-20-35)30-40(59)36-21-13-9-14-22-36)31-55(64)49(68-50(62)37-23-15-10-16-24-37)47-53(6,42(60)29-38-26-27-54(38,47)69-34(3)58)48(61)46(65-33(2)57)44(32)52(55,4)5;1-3-4-2;/h8-25,28,38-39,41-42,45-47,49,60,64H,26-27,29-31H2,1-7H3;1-2H3;1H2/q+1;;/t38-,39+,41+,42+,45-,46-,47+,49+,53-,54+,55-;;/m1../s1. The smallest absolute Gasteiger partial charge is 0.368 e. The van der Waals surface area contributed by atoms with Crippen molar-refractivity contribution >= 4 is 43.8 Å². The van der Waals surface area contributed by atoms with Gasteiger partial charge in [-0.3, -0.25) is 23.9 Å². The molecule has 17 heteroatoms. The van der Waals surface area contributed by atoms with Gasteiger partial charge < -0.3 is 39.4 Å². The summed E-state index contributed by atoms with van der Waals surface area (Å²) >= 11 is 0. The van der Waals surface area contributed by atoms with Gasteiger partial charge >= 0.3 is 29.8 Å². The highest BCUT2D eigenvalue weighted by Crippen LogP contribution is 2.67. The number of rotatable bonds is 13. The zero-order chi connectivity index (χ0) is 53.0. The van der Waals surface area contributed by atoms with Gasteiger partial charge in [-0.1, -0.05) is 92.7 Å². The van der Waals surface area contributed by atoms with E-state index in [9.17, 15) is 29.4 Å². The van der Waals surface area contributed by atoms with Gasteiger partial charge in [-0.2, -0.15) is 4.57 Å². The number of aryl methyl sites for hydroxylation is 1. The van der Waals surface area contributed by atoms with Gasteiger partial charge in [0.1, 0.15) is 30.5 Å². The second-order valence-corrected chi connectivity index (χ2v) is 21.0. The van der Waals surface area contributed by atoms with Crippen LogP contribution in [0.2, 0.25) is 0 Å². The van der Waals surface area contributed by atoms with Crippen molar-refractivity contribution in [2.24, 2.45) is 34.5 Å². The van der Waals surface area contributed by atoms with Crippen LogP contribution in [0.25, 0.3) is 0 Å². The molecule has 0 unspecified atom stereocenters. The molecule has 4 aliphatic carbocycles. The monoisotopic (exact) mass is 1040 g/mol. The molecule has 1 aromatic heterocycles. The molecule has 3 fully saturated rings. The second kappa shape index (κ2) is 23.0. The van der Waals surface area contributed by atoms with Crippen LogP contribution in [0.5, 0.6) is 5.88 Å². The Kier molecular flexibility index (Phi) is 17.7. The molecule has 0 aliphatic heterocycles. The van der Waals surface area contributed by atoms with E-state index >= 15 is 9.59 Å². The van der Waals surface area contributed by atoms with E-state index in [1.54, 1.807) is 137 Å². The fraction of sp³-hybridized carbons (Fsp3) is 0.456. The van der Waals surface area contributed by atoms with Crippen molar-refractivity contribution in [3.8, 4) is 5.88 Å². The fourth-order valence-electron chi connectivity index (χ4n) is 11.9. The molecule has 394 valence electrons. The molecule has 74 heavy (non-hydrogen) atoms. The summed E-state index contributed by atoms with van der Waals surface area (Å²) in [6.45, 7) is 10.7. The maximum Gasteiger partial charge on any atom is 0.368 e. The van der Waals surface area contributed by atoms with E-state index in [4.69, 9.17) is 23.7 Å². The van der Waals surface area contributed by atoms with E-state index in [1.807, 2.05) is 12.7 Å². The lowest BCUT2D eigenvalue weighted by Crippen LogP contribution is -2.78. The number of nitrogens with zero attached hydrogens (tertiary/aromatic N) is 2. The van der Waals surface area contributed by atoms with E-state index in [0.717, 1.165) is 15.3 Å². The van der Waals surface area contributed by atoms with Crippen LogP contribution >= 0.6 is 8.37 Å². The van der Waals surface area contributed by atoms with Gasteiger partial charge in [-0.05, 0) is 83.1 Å². The number of fused-ring (bicyclic) bond motifs is 5. The molecule has 0 amide bonds. The van der Waals surface area contributed by atoms with Gasteiger partial charge in [-0.25, -0.2) is 9.59 Å². The van der Waals surface area contributed by atoms with Crippen molar-refractivity contribution in [1.82, 2.24) is 0 Å². The average Bonchev–Trinajstić information content (AvgIpc) is 3.37. The quantitative estimate of drug-likeness (QED) is 0.0340. The Hall–Kier alpha value is -6.45. The number of aliphatic hydroxyl groups is 2. The topological polar surface area (TPSA) is 237 Å². The molecule has 11 atom stereocenters. The van der Waals surface area contributed by atoms with Crippen LogP contribution in [-0.2, 0) is 45.2 Å². The number of hydrogen-bond donors (Lipinski definition) is 2. The predicted molar refractivity (Wildman–Crippen MR) is 273 cm³/mol. The van der Waals surface area contributed by atoms with Crippen LogP contribution in [0.15, 0.2) is 131 Å². The highest BCUT2D eigenvalue weighted by Gasteiger charge is 2.77. The van der Waals surface area contributed by atoms with Crippen LogP contribution in [0, 0.1) is 22.7 Å². The summed E-state index contributed by atoms with van der Waals surface area (Å²) < 4.78 is 37.4. The summed E-state index contributed by atoms with van der Waals surface area (Å²) in [5.41, 5.74) is -5.98. The number of carbonyl (C=O) groups is 6. The number of hydrogen-bond acceptors (Lipinski definition) is 14. The normalized spacial score (nSPS) is 28.3. The van der Waals surface area contributed by atoms with Gasteiger partial charge in [0.05, 0.1) is 29.1 Å². The summed E-state index contributed by atoms with van der Waals surface area (Å²) in [4.78, 5) is 86.3. The van der Waals surface area contributed by atoms with Crippen molar-refractivity contribution in [2.45, 2.75) is 121 Å². The first-order chi connectivity index (χ1) is 34.7. The molecular formula is C57H68N2O14P+. The van der Waals surface area contributed by atoms with Gasteiger partial charge in [0.25, 0.3) is 0 Å². The molecule has 0 radical (unpaired) electrons. The van der Waals surface area contributed by atoms with E-state index in [-0.39, 0.29) is 53.1 Å². The number of esters is 4. The number of carbonyl (C=O) groups excluding carboxylic acids is 6. The number of pyridine rings is 1. The maximum absolute atomic E-state index is 15.8. The van der Waals surface area contributed by atoms with Crippen LogP contribution in [-0.4, -0.2) is 107 Å². The van der Waals surface area contributed by atoms with Gasteiger partial charge in [0, 0.05) is 62.6 Å². The van der Waals surface area contributed by atoms with E-state index in [2.05, 4.69) is 4.74 Å². The first-order valence-corrected chi connectivity index (χ1v) is 25.9. The third kappa shape index (κ3) is 10.6. The molecule has 16 nitrogen and oxygen atoms in total. The van der Waals surface area contributed by atoms with E-state index in [1.165, 1.54) is 26.0 Å². The number of aliphatic hydroxyl groups excluding tert-OH is 1. The minimum Gasteiger partial charge on any atom is -0.458 e. The number of Topliss-reactive ketones (excluding diaryl/α,β-unsaturated/α-hetero) is 2. The minimum absolute atomic E-state index is 0. The Bertz CT molecular complexity index is 2770. The number of ether oxygens (including phenoxy) is 5. The molecule has 3 saturated carbocycles. The molecule has 0 spiro atoms. The zero-order valence-electron chi connectivity index (χ0n) is 43.4. The van der Waals surface area contributed by atoms with Crippen LogP contribution in [0.4, 0.5) is 0 Å². The van der Waals surface area contributed by atoms with Crippen molar-refractivity contribution in [2.75, 3.05) is 13.7 Å². The highest BCUT2D eigenvalue weighted by molar-refractivity contribution is 7.25. The number of aromatic nitrogens is 1. The summed E-state index contributed by atoms with van der Waals surface area (Å²) in [5.74, 6) is -6.98. The molecule has 4 aliphatic rings. The number of ketones is 2. The molecule has 1 heterocycles. The van der Waals surface area contributed by atoms with Crippen LogP contribution in [0.3, 0.4) is 0 Å². The Morgan fingerprint density at radius 1 is 0.838 bits per heavy atom. The highest BCUT2D eigenvalue weighted by atomic mass is 31.1. The lowest BCUT2D eigenvalue weighted by molar-refractivity contribution is -0.677. The van der Waals surface area contributed by atoms with Crippen molar-refractivity contribution in [3.63, 3.8) is 0 Å². The van der Waals surface area contributed by atoms with Crippen molar-refractivity contribution < 1.29 is 72.7 Å². The van der Waals surface area contributed by atoms with E-state index < -0.39 is 106 Å². The van der Waals surface area contributed by atoms with Gasteiger partial charge in [0.2, 0.25) is 6.10 Å². The Balaban J connectivity index is 0.00000172. The first kappa shape index (κ1) is 56.8. The van der Waals surface area contributed by atoms with Crippen molar-refractivity contribution in [1.29, 1.82) is 0 Å². The Morgan fingerprint density at radius 3 is 1.96 bits per heavy atom. The first-order valence-electron chi connectivity index (χ1n) is 24.6. The molecule has 4 N–H and O–H groups in total. The Labute approximate surface area is 433 Å². The summed E-state index contributed by atoms with van der Waals surface area (Å²) in [7, 11) is 4.65. The predicted octanol–water partition coefficient (Wildman–Crippen LogP) is 7.09.